The van der Waals surface area contributed by atoms with Gasteiger partial charge in [-0.05, 0) is 6.07 Å². The summed E-state index contributed by atoms with van der Waals surface area (Å²) in [4.78, 5) is 27.4. The summed E-state index contributed by atoms with van der Waals surface area (Å²) in [5.41, 5.74) is 0.634. The molecule has 1 heterocycles. The molecular weight excluding hydrogens is 294 g/mol. The third kappa shape index (κ3) is 4.10. The minimum absolute atomic E-state index is 0.0103. The summed E-state index contributed by atoms with van der Waals surface area (Å²) in [7, 11) is 4.00. The largest absolute Gasteiger partial charge is 0.338 e. The van der Waals surface area contributed by atoms with Crippen LogP contribution in [0.5, 0.6) is 0 Å². The lowest BCUT2D eigenvalue weighted by Crippen LogP contribution is -3.06. The average Bonchev–Trinajstić information content (AvgIpc) is 2.78. The number of benzene rings is 1. The third-order valence-corrected chi connectivity index (χ3v) is 3.65. The summed E-state index contributed by atoms with van der Waals surface area (Å²) in [5.74, 6) is 0. The third-order valence-electron chi connectivity index (χ3n) is 2.71. The van der Waals surface area contributed by atoms with Crippen LogP contribution in [0.4, 0.5) is 15.6 Å². The van der Waals surface area contributed by atoms with Crippen LogP contribution in [-0.2, 0) is 0 Å². The maximum absolute atomic E-state index is 11.7. The van der Waals surface area contributed by atoms with E-state index in [0.717, 1.165) is 6.54 Å². The van der Waals surface area contributed by atoms with Gasteiger partial charge in [-0.2, -0.15) is 0 Å². The number of nitrogens with zero attached hydrogens (tertiary/aromatic N) is 2. The van der Waals surface area contributed by atoms with Crippen LogP contribution in [0.25, 0.3) is 10.2 Å². The number of likely N-dealkylation sites (N-methyl/N-ethyl adjacent to an activating group) is 1. The van der Waals surface area contributed by atoms with Gasteiger partial charge in [0.25, 0.3) is 5.69 Å². The highest BCUT2D eigenvalue weighted by Crippen LogP contribution is 2.28. The summed E-state index contributed by atoms with van der Waals surface area (Å²) >= 11 is 1.20. The van der Waals surface area contributed by atoms with Crippen LogP contribution in [0.3, 0.4) is 0 Å². The first-order valence-electron chi connectivity index (χ1n) is 6.34. The first-order valence-corrected chi connectivity index (χ1v) is 7.16. The molecular formula is C12H16N5O3S+. The number of thiazole rings is 1. The summed E-state index contributed by atoms with van der Waals surface area (Å²) in [6.07, 6.45) is 0. The Morgan fingerprint density at radius 1 is 1.48 bits per heavy atom. The molecule has 0 bridgehead atoms. The van der Waals surface area contributed by atoms with Crippen molar-refractivity contribution in [2.45, 2.75) is 0 Å². The van der Waals surface area contributed by atoms with Crippen molar-refractivity contribution in [2.24, 2.45) is 0 Å². The highest BCUT2D eigenvalue weighted by Gasteiger charge is 2.11. The molecule has 0 radical (unpaired) electrons. The van der Waals surface area contributed by atoms with Crippen LogP contribution in [0.2, 0.25) is 0 Å². The number of hydrogen-bond donors (Lipinski definition) is 3. The van der Waals surface area contributed by atoms with Gasteiger partial charge in [0.15, 0.2) is 5.13 Å². The molecule has 1 aromatic heterocycles. The molecule has 2 aromatic rings. The number of amides is 2. The van der Waals surface area contributed by atoms with Crippen LogP contribution in [0.1, 0.15) is 0 Å². The number of fused-ring (bicyclic) bond motifs is 1. The van der Waals surface area contributed by atoms with E-state index in [9.17, 15) is 14.9 Å². The minimum Gasteiger partial charge on any atom is -0.338 e. The Balaban J connectivity index is 2.02. The van der Waals surface area contributed by atoms with Gasteiger partial charge in [-0.25, -0.2) is 9.78 Å². The number of rotatable bonds is 5. The molecule has 0 spiro atoms. The zero-order chi connectivity index (χ0) is 15.4. The van der Waals surface area contributed by atoms with Gasteiger partial charge in [0.1, 0.15) is 0 Å². The Labute approximate surface area is 124 Å². The molecule has 0 aliphatic carbocycles. The molecule has 0 fully saturated rings. The number of anilines is 1. The van der Waals surface area contributed by atoms with Crippen molar-refractivity contribution in [2.75, 3.05) is 32.5 Å². The predicted molar refractivity (Wildman–Crippen MR) is 81.0 cm³/mol. The van der Waals surface area contributed by atoms with Crippen LogP contribution >= 0.6 is 11.3 Å². The van der Waals surface area contributed by atoms with Crippen LogP contribution in [0.15, 0.2) is 18.2 Å². The summed E-state index contributed by atoms with van der Waals surface area (Å²) in [6, 6.07) is 4.09. The number of carbonyl (C=O) groups is 1. The molecule has 9 heteroatoms. The average molecular weight is 310 g/mol. The van der Waals surface area contributed by atoms with Crippen molar-refractivity contribution in [3.63, 3.8) is 0 Å². The Kier molecular flexibility index (Phi) is 4.66. The fourth-order valence-corrected chi connectivity index (χ4v) is 2.54. The topological polar surface area (TPSA) is 102 Å². The van der Waals surface area contributed by atoms with Crippen molar-refractivity contribution in [1.29, 1.82) is 0 Å². The molecule has 2 rings (SSSR count). The van der Waals surface area contributed by atoms with Gasteiger partial charge < -0.3 is 10.2 Å². The van der Waals surface area contributed by atoms with Gasteiger partial charge in [0.2, 0.25) is 0 Å². The second-order valence-corrected chi connectivity index (χ2v) is 5.80. The van der Waals surface area contributed by atoms with Gasteiger partial charge in [0.05, 0.1) is 42.3 Å². The van der Waals surface area contributed by atoms with Crippen LogP contribution in [0, 0.1) is 10.1 Å². The normalized spacial score (nSPS) is 10.8. The molecule has 0 aliphatic rings. The van der Waals surface area contributed by atoms with E-state index in [4.69, 9.17) is 0 Å². The summed E-state index contributed by atoms with van der Waals surface area (Å²) in [6.45, 7) is 1.38. The van der Waals surface area contributed by atoms with E-state index in [1.54, 1.807) is 6.07 Å². The molecule has 3 N–H and O–H groups in total. The van der Waals surface area contributed by atoms with Crippen molar-refractivity contribution in [3.05, 3.63) is 28.3 Å². The van der Waals surface area contributed by atoms with Crippen LogP contribution < -0.4 is 15.5 Å². The highest BCUT2D eigenvalue weighted by molar-refractivity contribution is 7.22. The van der Waals surface area contributed by atoms with E-state index in [-0.39, 0.29) is 11.7 Å². The van der Waals surface area contributed by atoms with E-state index in [0.29, 0.717) is 21.9 Å². The number of nitro benzene ring substituents is 1. The number of urea groups is 1. The lowest BCUT2D eigenvalue weighted by Gasteiger charge is -2.08. The molecule has 8 nitrogen and oxygen atoms in total. The first kappa shape index (κ1) is 15.1. The molecule has 21 heavy (non-hydrogen) atoms. The Morgan fingerprint density at radius 2 is 2.24 bits per heavy atom. The fraction of sp³-hybridized carbons (Fsp3) is 0.333. The smallest absolute Gasteiger partial charge is 0.321 e. The zero-order valence-corrected chi connectivity index (χ0v) is 12.5. The maximum Gasteiger partial charge on any atom is 0.321 e. The minimum atomic E-state index is -0.456. The number of non-ortho nitro benzene ring substituents is 1. The first-order chi connectivity index (χ1) is 9.95. The van der Waals surface area contributed by atoms with Crippen LogP contribution in [-0.4, -0.2) is 43.1 Å². The maximum atomic E-state index is 11.7. The van der Waals surface area contributed by atoms with Crippen molar-refractivity contribution in [3.8, 4) is 0 Å². The van der Waals surface area contributed by atoms with E-state index >= 15 is 0 Å². The Bertz CT molecular complexity index is 670. The monoisotopic (exact) mass is 310 g/mol. The number of quaternary nitrogens is 1. The quantitative estimate of drug-likeness (QED) is 0.552. The molecule has 0 saturated heterocycles. The molecule has 0 unspecified atom stereocenters. The fourth-order valence-electron chi connectivity index (χ4n) is 1.65. The standard InChI is InChI=1S/C12H15N5O3S/c1-16(2)6-5-13-11(18)15-12-14-9-4-3-8(17(19)20)7-10(9)21-12/h3-4,7H,5-6H2,1-2H3,(H2,13,14,15,18)/p+1. The molecule has 0 atom stereocenters. The van der Waals surface area contributed by atoms with Crippen molar-refractivity contribution < 1.29 is 14.6 Å². The van der Waals surface area contributed by atoms with Gasteiger partial charge in [-0.3, -0.25) is 15.4 Å². The molecule has 1 aromatic carbocycles. The van der Waals surface area contributed by atoms with E-state index in [1.165, 1.54) is 28.4 Å². The highest BCUT2D eigenvalue weighted by atomic mass is 32.1. The summed E-state index contributed by atoms with van der Waals surface area (Å²) in [5, 5.41) is 16.5. The lowest BCUT2D eigenvalue weighted by molar-refractivity contribution is -0.856. The molecule has 0 aliphatic heterocycles. The number of nitro groups is 1. The second kappa shape index (κ2) is 6.46. The predicted octanol–water partition coefficient (Wildman–Crippen LogP) is 0.471. The van der Waals surface area contributed by atoms with E-state index in [2.05, 4.69) is 15.6 Å². The Morgan fingerprint density at radius 3 is 2.90 bits per heavy atom. The van der Waals surface area contributed by atoms with Gasteiger partial charge >= 0.3 is 6.03 Å². The molecule has 0 saturated carbocycles. The van der Waals surface area contributed by atoms with Crippen molar-refractivity contribution in [1.82, 2.24) is 10.3 Å². The number of carbonyl (C=O) groups excluding carboxylic acids is 1. The molecule has 2 amide bonds. The van der Waals surface area contributed by atoms with E-state index < -0.39 is 4.92 Å². The summed E-state index contributed by atoms with van der Waals surface area (Å²) < 4.78 is 0.664. The Hall–Kier alpha value is -2.26. The number of nitrogens with one attached hydrogen (secondary N) is 3. The number of hydrogen-bond acceptors (Lipinski definition) is 5. The van der Waals surface area contributed by atoms with Gasteiger partial charge in [-0.15, -0.1) is 0 Å². The SMILES string of the molecule is C[NH+](C)CCNC(=O)Nc1nc2ccc([N+](=O)[O-])cc2s1. The van der Waals surface area contributed by atoms with E-state index in [1.807, 2.05) is 14.1 Å². The zero-order valence-electron chi connectivity index (χ0n) is 11.7. The number of aromatic nitrogens is 1. The molecule has 112 valence electrons. The van der Waals surface area contributed by atoms with Gasteiger partial charge in [0, 0.05) is 12.1 Å². The van der Waals surface area contributed by atoms with Crippen molar-refractivity contribution >= 4 is 38.4 Å². The van der Waals surface area contributed by atoms with Gasteiger partial charge in [-0.1, -0.05) is 11.3 Å². The second-order valence-electron chi connectivity index (χ2n) is 4.77. The lowest BCUT2D eigenvalue weighted by atomic mass is 10.3.